The Labute approximate surface area is 174 Å². The summed E-state index contributed by atoms with van der Waals surface area (Å²) in [4.78, 5) is 11.9. The van der Waals surface area contributed by atoms with Gasteiger partial charge in [0.05, 0.1) is 0 Å². The first kappa shape index (κ1) is 26.1. The molecule has 0 radical (unpaired) electrons. The summed E-state index contributed by atoms with van der Waals surface area (Å²) < 4.78 is 0. The average Bonchev–Trinajstić information content (AvgIpc) is 2.70. The van der Waals surface area contributed by atoms with Gasteiger partial charge in [-0.15, -0.1) is 0 Å². The number of carbonyl (C=O) groups excluding carboxylic acids is 1. The summed E-state index contributed by atoms with van der Waals surface area (Å²) in [5, 5.41) is 0. The first-order valence-corrected chi connectivity index (χ1v) is 11.0. The highest BCUT2D eigenvalue weighted by Gasteiger charge is 2.29. The summed E-state index contributed by atoms with van der Waals surface area (Å²) >= 11 is 0. The highest BCUT2D eigenvalue weighted by Crippen LogP contribution is 2.32. The largest absolute Gasteiger partial charge is 0.299 e. The van der Waals surface area contributed by atoms with Crippen molar-refractivity contribution < 1.29 is 4.79 Å². The number of ketones is 1. The van der Waals surface area contributed by atoms with E-state index in [9.17, 15) is 4.79 Å². The Morgan fingerprint density at radius 2 is 0.893 bits per heavy atom. The van der Waals surface area contributed by atoms with Crippen LogP contribution in [0.1, 0.15) is 85.5 Å². The molecule has 0 unspecified atom stereocenters. The summed E-state index contributed by atoms with van der Waals surface area (Å²) in [6, 6.07) is 0. The molecule has 0 fully saturated rings. The molecular weight excluding hydrogens is 340 g/mol. The van der Waals surface area contributed by atoms with Crippen molar-refractivity contribution in [2.45, 2.75) is 85.5 Å². The van der Waals surface area contributed by atoms with Crippen LogP contribution in [0.15, 0.2) is 72.9 Å². The van der Waals surface area contributed by atoms with E-state index in [1.807, 2.05) is 0 Å². The van der Waals surface area contributed by atoms with Gasteiger partial charge < -0.3 is 0 Å². The molecule has 0 N–H and O–H groups in total. The normalized spacial score (nSPS) is 13.6. The Balaban J connectivity index is 3.85. The van der Waals surface area contributed by atoms with Crippen molar-refractivity contribution >= 4 is 5.78 Å². The lowest BCUT2D eigenvalue weighted by Gasteiger charge is -2.27. The zero-order valence-electron chi connectivity index (χ0n) is 18.7. The number of allylic oxidation sites excluding steroid dienone is 12. The van der Waals surface area contributed by atoms with Crippen LogP contribution in [0.2, 0.25) is 0 Å². The minimum Gasteiger partial charge on any atom is -0.299 e. The third-order valence-corrected chi connectivity index (χ3v) is 5.21. The summed E-state index contributed by atoms with van der Waals surface area (Å²) in [5.41, 5.74) is -0.154. The topological polar surface area (TPSA) is 17.1 Å². The molecule has 0 amide bonds. The van der Waals surface area contributed by atoms with Crippen LogP contribution in [0.3, 0.4) is 0 Å². The number of carbonyl (C=O) groups is 1. The highest BCUT2D eigenvalue weighted by molar-refractivity contribution is 5.82. The molecule has 0 aliphatic rings. The van der Waals surface area contributed by atoms with E-state index in [1.165, 1.54) is 0 Å². The summed E-state index contributed by atoms with van der Waals surface area (Å²) in [6.07, 6.45) is 35.3. The fourth-order valence-electron chi connectivity index (χ4n) is 3.01. The average molecular weight is 383 g/mol. The van der Waals surface area contributed by atoms with Crippen molar-refractivity contribution in [1.82, 2.24) is 0 Å². The van der Waals surface area contributed by atoms with E-state index in [2.05, 4.69) is 93.7 Å². The maximum atomic E-state index is 11.9. The number of Topliss-reactive ketones (excluding diaryl/α,β-unsaturated/α-hetero) is 1. The van der Waals surface area contributed by atoms with E-state index >= 15 is 0 Å². The molecule has 0 aromatic rings. The van der Waals surface area contributed by atoms with Gasteiger partial charge in [-0.25, -0.2) is 0 Å². The quantitative estimate of drug-likeness (QED) is 0.245. The lowest BCUT2D eigenvalue weighted by atomic mass is 9.76. The maximum absolute atomic E-state index is 11.9. The van der Waals surface area contributed by atoms with E-state index < -0.39 is 0 Å². The van der Waals surface area contributed by atoms with Crippen LogP contribution in [0.4, 0.5) is 0 Å². The minimum absolute atomic E-state index is 0.154. The molecule has 28 heavy (non-hydrogen) atoms. The predicted octanol–water partition coefficient (Wildman–Crippen LogP) is 8.47. The van der Waals surface area contributed by atoms with E-state index in [4.69, 9.17) is 0 Å². The molecule has 0 aromatic heterocycles. The van der Waals surface area contributed by atoms with Crippen LogP contribution in [0.25, 0.3) is 0 Å². The Hall–Kier alpha value is -1.89. The van der Waals surface area contributed by atoms with Crippen molar-refractivity contribution in [2.24, 2.45) is 5.41 Å². The van der Waals surface area contributed by atoms with Crippen LogP contribution >= 0.6 is 0 Å². The van der Waals surface area contributed by atoms with Crippen molar-refractivity contribution in [1.29, 1.82) is 0 Å². The van der Waals surface area contributed by atoms with Crippen LogP contribution in [-0.2, 0) is 4.79 Å². The Bertz CT molecular complexity index is 551. The molecule has 0 aliphatic carbocycles. The molecule has 156 valence electrons. The van der Waals surface area contributed by atoms with Gasteiger partial charge in [-0.3, -0.25) is 4.79 Å². The van der Waals surface area contributed by atoms with Gasteiger partial charge >= 0.3 is 0 Å². The molecule has 0 bridgehead atoms. The fraction of sp³-hybridized carbons (Fsp3) is 0.519. The van der Waals surface area contributed by atoms with Crippen molar-refractivity contribution in [3.8, 4) is 0 Å². The monoisotopic (exact) mass is 382 g/mol. The van der Waals surface area contributed by atoms with Gasteiger partial charge in [0.1, 0.15) is 5.78 Å². The molecule has 0 saturated heterocycles. The molecule has 0 saturated carbocycles. The molecule has 0 spiro atoms. The zero-order chi connectivity index (χ0) is 20.9. The molecule has 0 aromatic carbocycles. The predicted molar refractivity (Wildman–Crippen MR) is 127 cm³/mol. The van der Waals surface area contributed by atoms with Gasteiger partial charge in [0.2, 0.25) is 0 Å². The molecule has 1 nitrogen and oxygen atoms in total. The van der Waals surface area contributed by atoms with Gasteiger partial charge in [-0.05, 0) is 64.7 Å². The van der Waals surface area contributed by atoms with E-state index in [1.54, 1.807) is 6.92 Å². The van der Waals surface area contributed by atoms with Crippen LogP contribution in [0.5, 0.6) is 0 Å². The van der Waals surface area contributed by atoms with Crippen molar-refractivity contribution in [3.63, 3.8) is 0 Å². The molecular formula is C27H42O. The standard InChI is InChI=1S/C27H42O/c1-5-8-9-10-11-12-13-14-15-16-17-18-19-20-21-22-23-24-25-27(6-2,7-3)26(4)28/h8-9,11-12,14-15,17-18,20-21,23-24H,5-7,10,13,16,19,22,25H2,1-4H3/b9-8-,12-11-,15-14-,18-17-,21-20-,24-23-. The summed E-state index contributed by atoms with van der Waals surface area (Å²) in [5.74, 6) is 0.317. The maximum Gasteiger partial charge on any atom is 0.136 e. The van der Waals surface area contributed by atoms with Gasteiger partial charge in [0, 0.05) is 5.41 Å². The molecule has 0 heterocycles. The SMILES string of the molecule is CC/C=C\C/C=C\C/C=C\C/C=C\C/C=C\C/C=C\CC(CC)(CC)C(C)=O. The summed E-state index contributed by atoms with van der Waals surface area (Å²) in [6.45, 7) is 8.11. The Kier molecular flexibility index (Phi) is 17.2. The second kappa shape index (κ2) is 18.5. The molecule has 1 heteroatoms. The number of hydrogen-bond donors (Lipinski definition) is 0. The molecule has 0 atom stereocenters. The van der Waals surface area contributed by atoms with Gasteiger partial charge in [-0.1, -0.05) is 93.7 Å². The van der Waals surface area contributed by atoms with Gasteiger partial charge in [-0.2, -0.15) is 0 Å². The van der Waals surface area contributed by atoms with Crippen LogP contribution in [0, 0.1) is 5.41 Å². The van der Waals surface area contributed by atoms with E-state index in [0.717, 1.165) is 57.8 Å². The molecule has 0 rings (SSSR count). The van der Waals surface area contributed by atoms with Crippen LogP contribution in [-0.4, -0.2) is 5.78 Å². The molecule has 0 aliphatic heterocycles. The fourth-order valence-corrected chi connectivity index (χ4v) is 3.01. The van der Waals surface area contributed by atoms with E-state index in [0.29, 0.717) is 5.78 Å². The lowest BCUT2D eigenvalue weighted by molar-refractivity contribution is -0.126. The first-order valence-electron chi connectivity index (χ1n) is 11.0. The second-order valence-electron chi connectivity index (χ2n) is 7.16. The van der Waals surface area contributed by atoms with Crippen molar-refractivity contribution in [3.05, 3.63) is 72.9 Å². The third-order valence-electron chi connectivity index (χ3n) is 5.21. The Morgan fingerprint density at radius 3 is 1.18 bits per heavy atom. The minimum atomic E-state index is -0.154. The Morgan fingerprint density at radius 1 is 0.571 bits per heavy atom. The van der Waals surface area contributed by atoms with Gasteiger partial charge in [0.25, 0.3) is 0 Å². The van der Waals surface area contributed by atoms with Crippen LogP contribution < -0.4 is 0 Å². The van der Waals surface area contributed by atoms with E-state index in [-0.39, 0.29) is 5.41 Å². The number of rotatable bonds is 16. The lowest BCUT2D eigenvalue weighted by Crippen LogP contribution is -2.26. The number of hydrogen-bond acceptors (Lipinski definition) is 1. The third kappa shape index (κ3) is 13.3. The van der Waals surface area contributed by atoms with Gasteiger partial charge in [0.15, 0.2) is 0 Å². The first-order chi connectivity index (χ1) is 13.6. The zero-order valence-corrected chi connectivity index (χ0v) is 18.7. The smallest absolute Gasteiger partial charge is 0.136 e. The highest BCUT2D eigenvalue weighted by atomic mass is 16.1. The second-order valence-corrected chi connectivity index (χ2v) is 7.16. The summed E-state index contributed by atoms with van der Waals surface area (Å²) in [7, 11) is 0. The van der Waals surface area contributed by atoms with Crippen molar-refractivity contribution in [2.75, 3.05) is 0 Å².